The van der Waals surface area contributed by atoms with Crippen LogP contribution in [0.15, 0.2) is 6.20 Å². The van der Waals surface area contributed by atoms with Crippen LogP contribution in [0.2, 0.25) is 0 Å². The highest BCUT2D eigenvalue weighted by atomic mass is 32.2. The third-order valence-electron chi connectivity index (χ3n) is 5.33. The summed E-state index contributed by atoms with van der Waals surface area (Å²) in [5, 5.41) is 11.8. The van der Waals surface area contributed by atoms with Crippen molar-refractivity contribution in [1.29, 1.82) is 0 Å². The van der Waals surface area contributed by atoms with Crippen molar-refractivity contribution in [3.63, 3.8) is 0 Å². The maximum Gasteiger partial charge on any atom is 0.226 e. The first-order valence-corrected chi connectivity index (χ1v) is 10.2. The molecule has 2 atom stereocenters. The second-order valence-electron chi connectivity index (χ2n) is 6.96. The number of fused-ring (bicyclic) bond motifs is 1. The van der Waals surface area contributed by atoms with E-state index in [4.69, 9.17) is 0 Å². The molecule has 0 saturated carbocycles. The number of aryl methyl sites for hydroxylation is 2. The average Bonchev–Trinajstić information content (AvgIpc) is 3.16. The Bertz CT molecular complexity index is 972. The largest absolute Gasteiger partial charge is 0.311 e. The van der Waals surface area contributed by atoms with E-state index >= 15 is 0 Å². The Kier molecular flexibility index (Phi) is 3.54. The Balaban J connectivity index is 1.83. The number of anilines is 1. The zero-order chi connectivity index (χ0) is 17.9. The molecule has 9 heteroatoms. The van der Waals surface area contributed by atoms with Crippen molar-refractivity contribution in [3.05, 3.63) is 28.7 Å². The maximum atomic E-state index is 12.3. The fourth-order valence-corrected chi connectivity index (χ4v) is 5.62. The highest BCUT2D eigenvalue weighted by molar-refractivity contribution is 7.91. The molecule has 1 amide bonds. The minimum Gasteiger partial charge on any atom is -0.311 e. The first kappa shape index (κ1) is 16.3. The van der Waals surface area contributed by atoms with E-state index in [9.17, 15) is 13.2 Å². The number of aromatic nitrogens is 4. The topological polar surface area (TPSA) is 98.9 Å². The van der Waals surface area contributed by atoms with E-state index in [0.717, 1.165) is 22.5 Å². The van der Waals surface area contributed by atoms with Gasteiger partial charge in [0.15, 0.2) is 9.84 Å². The summed E-state index contributed by atoms with van der Waals surface area (Å²) < 4.78 is 27.2. The highest BCUT2D eigenvalue weighted by Gasteiger charge is 2.38. The van der Waals surface area contributed by atoms with Crippen molar-refractivity contribution < 1.29 is 13.2 Å². The zero-order valence-electron chi connectivity index (χ0n) is 14.5. The summed E-state index contributed by atoms with van der Waals surface area (Å²) in [5.74, 6) is 0.702. The Labute approximate surface area is 146 Å². The molecule has 0 unspecified atom stereocenters. The van der Waals surface area contributed by atoms with Crippen LogP contribution in [0.3, 0.4) is 0 Å². The van der Waals surface area contributed by atoms with Gasteiger partial charge in [-0.3, -0.25) is 9.48 Å². The number of carbonyl (C=O) groups is 1. The van der Waals surface area contributed by atoms with Gasteiger partial charge in [0.05, 0.1) is 29.4 Å². The Morgan fingerprint density at radius 1 is 1.32 bits per heavy atom. The predicted molar refractivity (Wildman–Crippen MR) is 92.3 cm³/mol. The highest BCUT2D eigenvalue weighted by Crippen LogP contribution is 2.42. The second kappa shape index (κ2) is 5.42. The number of sulfone groups is 1. The molecule has 0 aliphatic carbocycles. The molecule has 2 aliphatic heterocycles. The molecule has 134 valence electrons. The molecular formula is C16H21N5O3S. The van der Waals surface area contributed by atoms with Crippen LogP contribution in [0, 0.1) is 13.8 Å². The van der Waals surface area contributed by atoms with Crippen LogP contribution in [-0.4, -0.2) is 45.4 Å². The zero-order valence-corrected chi connectivity index (χ0v) is 15.3. The lowest BCUT2D eigenvalue weighted by Crippen LogP contribution is -2.26. The summed E-state index contributed by atoms with van der Waals surface area (Å²) in [6.07, 6.45) is 2.68. The van der Waals surface area contributed by atoms with Crippen LogP contribution in [-0.2, 0) is 21.7 Å². The number of rotatable bonds is 2. The molecule has 0 spiro atoms. The van der Waals surface area contributed by atoms with Gasteiger partial charge in [0.1, 0.15) is 5.82 Å². The summed E-state index contributed by atoms with van der Waals surface area (Å²) in [6.45, 7) is 3.90. The van der Waals surface area contributed by atoms with E-state index in [-0.39, 0.29) is 29.4 Å². The Hall–Kier alpha value is -2.16. The summed E-state index contributed by atoms with van der Waals surface area (Å²) in [5.41, 5.74) is 3.83. The van der Waals surface area contributed by atoms with Gasteiger partial charge >= 0.3 is 0 Å². The molecule has 2 aliphatic rings. The molecule has 1 N–H and O–H groups in total. The minimum absolute atomic E-state index is 0.0764. The van der Waals surface area contributed by atoms with E-state index in [1.807, 2.05) is 20.9 Å². The van der Waals surface area contributed by atoms with Gasteiger partial charge < -0.3 is 5.32 Å². The number of hydrogen-bond donors (Lipinski definition) is 1. The van der Waals surface area contributed by atoms with E-state index in [1.165, 1.54) is 0 Å². The second-order valence-corrected chi connectivity index (χ2v) is 9.19. The number of hydrogen-bond acceptors (Lipinski definition) is 5. The lowest BCUT2D eigenvalue weighted by Gasteiger charge is -2.25. The Morgan fingerprint density at radius 2 is 2.08 bits per heavy atom. The van der Waals surface area contributed by atoms with Gasteiger partial charge in [-0.05, 0) is 20.3 Å². The SMILES string of the molecule is Cc1nn([C@H]2CCS(=O)(=O)C2)c2c1[C@H](c1cnn(C)c1C)CC(=O)N2. The van der Waals surface area contributed by atoms with Crippen molar-refractivity contribution in [2.45, 2.75) is 38.6 Å². The minimum atomic E-state index is -3.03. The summed E-state index contributed by atoms with van der Waals surface area (Å²) in [6, 6.07) is -0.221. The fraction of sp³-hybridized carbons (Fsp3) is 0.562. The molecule has 8 nitrogen and oxygen atoms in total. The molecule has 0 aromatic carbocycles. The third-order valence-corrected chi connectivity index (χ3v) is 7.08. The molecule has 1 fully saturated rings. The molecule has 4 rings (SSSR count). The van der Waals surface area contributed by atoms with Crippen molar-refractivity contribution in [2.75, 3.05) is 16.8 Å². The average molecular weight is 363 g/mol. The van der Waals surface area contributed by atoms with Crippen LogP contribution in [0.25, 0.3) is 0 Å². The van der Waals surface area contributed by atoms with E-state index in [2.05, 4.69) is 15.5 Å². The number of amides is 1. The van der Waals surface area contributed by atoms with E-state index in [1.54, 1.807) is 15.6 Å². The summed E-state index contributed by atoms with van der Waals surface area (Å²) in [7, 11) is -1.15. The maximum absolute atomic E-state index is 12.3. The van der Waals surface area contributed by atoms with Gasteiger partial charge in [0, 0.05) is 36.2 Å². The van der Waals surface area contributed by atoms with Gasteiger partial charge in [0.25, 0.3) is 0 Å². The summed E-state index contributed by atoms with van der Waals surface area (Å²) in [4.78, 5) is 12.3. The number of nitrogens with zero attached hydrogens (tertiary/aromatic N) is 4. The van der Waals surface area contributed by atoms with Gasteiger partial charge in [-0.2, -0.15) is 10.2 Å². The van der Waals surface area contributed by atoms with Crippen molar-refractivity contribution in [2.24, 2.45) is 7.05 Å². The van der Waals surface area contributed by atoms with Crippen LogP contribution in [0.5, 0.6) is 0 Å². The summed E-state index contributed by atoms with van der Waals surface area (Å²) >= 11 is 0. The van der Waals surface area contributed by atoms with Gasteiger partial charge in [-0.25, -0.2) is 13.1 Å². The molecule has 2 aromatic heterocycles. The van der Waals surface area contributed by atoms with Crippen LogP contribution >= 0.6 is 0 Å². The fourth-order valence-electron chi connectivity index (χ4n) is 3.93. The van der Waals surface area contributed by atoms with Gasteiger partial charge in [-0.1, -0.05) is 0 Å². The molecule has 0 radical (unpaired) electrons. The third kappa shape index (κ3) is 2.57. The molecule has 4 heterocycles. The van der Waals surface area contributed by atoms with Gasteiger partial charge in [0.2, 0.25) is 5.91 Å². The van der Waals surface area contributed by atoms with Crippen molar-refractivity contribution >= 4 is 21.6 Å². The molecule has 2 aromatic rings. The standard InChI is InChI=1S/C16H21N5O3S/c1-9-15-12(13-7-17-20(3)10(13)2)6-14(22)18-16(15)21(19-9)11-4-5-25(23,24)8-11/h7,11-12H,4-6,8H2,1-3H3,(H,18,22)/t11-,12-/m0/s1. The molecule has 25 heavy (non-hydrogen) atoms. The lowest BCUT2D eigenvalue weighted by atomic mass is 9.86. The molecule has 1 saturated heterocycles. The van der Waals surface area contributed by atoms with E-state index in [0.29, 0.717) is 18.7 Å². The normalized spacial score (nSPS) is 25.0. The lowest BCUT2D eigenvalue weighted by molar-refractivity contribution is -0.116. The quantitative estimate of drug-likeness (QED) is 0.860. The first-order chi connectivity index (χ1) is 11.8. The van der Waals surface area contributed by atoms with Crippen molar-refractivity contribution in [1.82, 2.24) is 19.6 Å². The van der Waals surface area contributed by atoms with Crippen molar-refractivity contribution in [3.8, 4) is 0 Å². The van der Waals surface area contributed by atoms with Crippen LogP contribution in [0.4, 0.5) is 5.82 Å². The monoisotopic (exact) mass is 363 g/mol. The number of nitrogens with one attached hydrogen (secondary N) is 1. The van der Waals surface area contributed by atoms with E-state index < -0.39 is 9.84 Å². The van der Waals surface area contributed by atoms with Crippen LogP contribution in [0.1, 0.15) is 47.3 Å². The Morgan fingerprint density at radius 3 is 2.68 bits per heavy atom. The number of carbonyl (C=O) groups excluding carboxylic acids is 1. The van der Waals surface area contributed by atoms with Gasteiger partial charge in [-0.15, -0.1) is 0 Å². The molecular weight excluding hydrogens is 342 g/mol. The smallest absolute Gasteiger partial charge is 0.226 e. The van der Waals surface area contributed by atoms with Crippen LogP contribution < -0.4 is 5.32 Å². The molecule has 0 bridgehead atoms. The first-order valence-electron chi connectivity index (χ1n) is 8.34. The predicted octanol–water partition coefficient (Wildman–Crippen LogP) is 1.07.